The lowest BCUT2D eigenvalue weighted by Gasteiger charge is -2.31. The fraction of sp³-hybridized carbons (Fsp3) is 0.500. The molecule has 2 heterocycles. The second kappa shape index (κ2) is 10.7. The molecule has 10 nitrogen and oxygen atoms in total. The third-order valence-electron chi connectivity index (χ3n) is 6.42. The number of nitrogens with zero attached hydrogens (tertiary/aromatic N) is 2. The van der Waals surface area contributed by atoms with Gasteiger partial charge in [0.25, 0.3) is 0 Å². The van der Waals surface area contributed by atoms with Gasteiger partial charge in [-0.1, -0.05) is 0 Å². The molecule has 0 bridgehead atoms. The van der Waals surface area contributed by atoms with Gasteiger partial charge in [-0.3, -0.25) is 4.79 Å². The first-order chi connectivity index (χ1) is 16.6. The molecule has 1 aromatic heterocycles. The molecule has 1 N–H and O–H groups in total. The predicted molar refractivity (Wildman–Crippen MR) is 131 cm³/mol. The third kappa shape index (κ3) is 5.15. The van der Waals surface area contributed by atoms with Crippen molar-refractivity contribution in [3.63, 3.8) is 0 Å². The quantitative estimate of drug-likeness (QED) is 0.546. The average Bonchev–Trinajstić information content (AvgIpc) is 3.08. The van der Waals surface area contributed by atoms with E-state index < -0.39 is 21.9 Å². The van der Waals surface area contributed by atoms with Gasteiger partial charge >= 0.3 is 5.97 Å². The fourth-order valence-electron chi connectivity index (χ4n) is 4.32. The molecule has 0 radical (unpaired) electrons. The van der Waals surface area contributed by atoms with Gasteiger partial charge in [-0.2, -0.15) is 4.31 Å². The molecule has 1 amide bonds. The van der Waals surface area contributed by atoms with E-state index in [1.165, 1.54) is 18.5 Å². The smallest absolute Gasteiger partial charge is 0.341 e. The molecule has 0 saturated carbocycles. The lowest BCUT2D eigenvalue weighted by Crippen LogP contribution is -2.44. The summed E-state index contributed by atoms with van der Waals surface area (Å²) in [6.45, 7) is 5.41. The Kier molecular flexibility index (Phi) is 8.11. The van der Waals surface area contributed by atoms with Crippen molar-refractivity contribution in [3.05, 3.63) is 35.2 Å². The van der Waals surface area contributed by atoms with E-state index in [2.05, 4.69) is 5.32 Å². The van der Waals surface area contributed by atoms with Crippen molar-refractivity contribution in [3.8, 4) is 11.5 Å². The summed E-state index contributed by atoms with van der Waals surface area (Å²) < 4.78 is 46.1. The van der Waals surface area contributed by atoms with Gasteiger partial charge in [0.05, 0.1) is 32.4 Å². The molecule has 1 atom stereocenters. The van der Waals surface area contributed by atoms with Crippen LogP contribution in [0.25, 0.3) is 0 Å². The van der Waals surface area contributed by atoms with E-state index in [9.17, 15) is 18.0 Å². The molecule has 0 unspecified atom stereocenters. The number of methoxy groups -OCH3 is 2. The Bertz CT molecular complexity index is 1220. The lowest BCUT2D eigenvalue weighted by molar-refractivity contribution is -0.120. The number of piperidine rings is 1. The number of anilines is 1. The highest BCUT2D eigenvalue weighted by Crippen LogP contribution is 2.33. The van der Waals surface area contributed by atoms with Crippen molar-refractivity contribution in [2.75, 3.05) is 39.2 Å². The number of hydrogen-bond donors (Lipinski definition) is 1. The molecule has 11 heteroatoms. The van der Waals surface area contributed by atoms with Crippen LogP contribution in [0.2, 0.25) is 0 Å². The summed E-state index contributed by atoms with van der Waals surface area (Å²) in [5.74, 6) is -0.528. The highest BCUT2D eigenvalue weighted by atomic mass is 32.2. The number of nitrogens with one attached hydrogen (secondary N) is 1. The van der Waals surface area contributed by atoms with Crippen LogP contribution in [0, 0.1) is 19.8 Å². The van der Waals surface area contributed by atoms with Crippen molar-refractivity contribution in [1.29, 1.82) is 0 Å². The van der Waals surface area contributed by atoms with Crippen molar-refractivity contribution in [1.82, 2.24) is 8.87 Å². The number of hydrogen-bond acceptors (Lipinski definition) is 7. The zero-order valence-electron chi connectivity index (χ0n) is 21.0. The molecular weight excluding hydrogens is 474 g/mol. The van der Waals surface area contributed by atoms with Gasteiger partial charge in [0.15, 0.2) is 0 Å². The zero-order chi connectivity index (χ0) is 25.9. The van der Waals surface area contributed by atoms with E-state index in [1.54, 1.807) is 50.6 Å². The van der Waals surface area contributed by atoms with Crippen LogP contribution < -0.4 is 14.8 Å². The van der Waals surface area contributed by atoms with E-state index in [-0.39, 0.29) is 36.1 Å². The maximum absolute atomic E-state index is 13.7. The van der Waals surface area contributed by atoms with Gasteiger partial charge in [0, 0.05) is 37.6 Å². The maximum atomic E-state index is 13.7. The van der Waals surface area contributed by atoms with E-state index in [0.29, 0.717) is 41.4 Å². The molecule has 0 aliphatic carbocycles. The minimum absolute atomic E-state index is 0.00227. The first kappa shape index (κ1) is 26.6. The number of rotatable bonds is 8. The van der Waals surface area contributed by atoms with Crippen LogP contribution in [-0.4, -0.2) is 63.1 Å². The topological polar surface area (TPSA) is 116 Å². The monoisotopic (exact) mass is 507 g/mol. The molecule has 0 spiro atoms. The molecule has 35 heavy (non-hydrogen) atoms. The maximum Gasteiger partial charge on any atom is 0.341 e. The minimum Gasteiger partial charge on any atom is -0.497 e. The standard InChI is InChI=1S/C24H33N3O7S/c1-7-34-24(29)21-15(2)26(4)16(3)22(21)35(30,31)27-12-8-9-17(14-27)23(28)25-19-11-10-18(32-5)13-20(19)33-6/h10-11,13,17H,7-9,12,14H2,1-6H3,(H,25,28)/t17-/m1/s1. The van der Waals surface area contributed by atoms with Crippen LogP contribution in [-0.2, 0) is 26.6 Å². The first-order valence-corrected chi connectivity index (χ1v) is 12.9. The summed E-state index contributed by atoms with van der Waals surface area (Å²) in [6, 6.07) is 5.03. The Morgan fingerprint density at radius 3 is 2.49 bits per heavy atom. The molecule has 3 rings (SSSR count). The first-order valence-electron chi connectivity index (χ1n) is 11.4. The van der Waals surface area contributed by atoms with E-state index in [1.807, 2.05) is 0 Å². The number of aromatic nitrogens is 1. The van der Waals surface area contributed by atoms with E-state index >= 15 is 0 Å². The molecule has 1 aliphatic rings. The summed E-state index contributed by atoms with van der Waals surface area (Å²) in [4.78, 5) is 25.7. The number of ether oxygens (including phenoxy) is 3. The predicted octanol–water partition coefficient (Wildman–Crippen LogP) is 2.88. The molecule has 1 fully saturated rings. The normalized spacial score (nSPS) is 16.6. The van der Waals surface area contributed by atoms with Crippen LogP contribution in [0.5, 0.6) is 11.5 Å². The highest BCUT2D eigenvalue weighted by molar-refractivity contribution is 7.89. The molecule has 1 aliphatic heterocycles. The number of carbonyl (C=O) groups excluding carboxylic acids is 2. The largest absolute Gasteiger partial charge is 0.497 e. The van der Waals surface area contributed by atoms with Crippen LogP contribution in [0.15, 0.2) is 23.1 Å². The highest BCUT2D eigenvalue weighted by Gasteiger charge is 2.39. The summed E-state index contributed by atoms with van der Waals surface area (Å²) in [5, 5.41) is 2.85. The van der Waals surface area contributed by atoms with Crippen LogP contribution in [0.3, 0.4) is 0 Å². The van der Waals surface area contributed by atoms with Crippen molar-refractivity contribution in [2.45, 2.75) is 38.5 Å². The Labute approximate surface area is 206 Å². The average molecular weight is 508 g/mol. The number of esters is 1. The van der Waals surface area contributed by atoms with Crippen molar-refractivity contribution < 1.29 is 32.2 Å². The van der Waals surface area contributed by atoms with Gasteiger partial charge in [-0.15, -0.1) is 0 Å². The number of benzene rings is 1. The Balaban J connectivity index is 1.87. The molecule has 2 aromatic rings. The lowest BCUT2D eigenvalue weighted by atomic mass is 9.98. The van der Waals surface area contributed by atoms with Gasteiger partial charge in [-0.25, -0.2) is 13.2 Å². The Morgan fingerprint density at radius 2 is 1.86 bits per heavy atom. The minimum atomic E-state index is -4.06. The third-order valence-corrected chi connectivity index (χ3v) is 8.45. The summed E-state index contributed by atoms with van der Waals surface area (Å²) in [5.41, 5.74) is 1.47. The number of carbonyl (C=O) groups is 2. The second-order valence-electron chi connectivity index (χ2n) is 8.41. The summed E-state index contributed by atoms with van der Waals surface area (Å²) in [7, 11) is 0.676. The van der Waals surface area contributed by atoms with E-state index in [4.69, 9.17) is 14.2 Å². The number of amides is 1. The van der Waals surface area contributed by atoms with E-state index in [0.717, 1.165) is 0 Å². The van der Waals surface area contributed by atoms with Crippen molar-refractivity contribution in [2.24, 2.45) is 13.0 Å². The SMILES string of the molecule is CCOC(=O)c1c(S(=O)(=O)N2CCC[C@@H](C(=O)Nc3ccc(OC)cc3OC)C2)c(C)n(C)c1C. The summed E-state index contributed by atoms with van der Waals surface area (Å²) >= 11 is 0. The van der Waals surface area contributed by atoms with Crippen LogP contribution in [0.4, 0.5) is 5.69 Å². The molecular formula is C24H33N3O7S. The van der Waals surface area contributed by atoms with Crippen molar-refractivity contribution >= 4 is 27.6 Å². The molecule has 1 saturated heterocycles. The molecule has 1 aromatic carbocycles. The fourth-order valence-corrected chi connectivity index (χ4v) is 6.32. The van der Waals surface area contributed by atoms with Gasteiger partial charge in [-0.05, 0) is 45.7 Å². The zero-order valence-corrected chi connectivity index (χ0v) is 21.8. The van der Waals surface area contributed by atoms with Crippen LogP contribution >= 0.6 is 0 Å². The number of sulfonamides is 1. The van der Waals surface area contributed by atoms with Gasteiger partial charge in [0.2, 0.25) is 15.9 Å². The van der Waals surface area contributed by atoms with Crippen LogP contribution in [0.1, 0.15) is 41.5 Å². The molecule has 192 valence electrons. The Hall–Kier alpha value is -3.05. The summed E-state index contributed by atoms with van der Waals surface area (Å²) in [6.07, 6.45) is 1.05. The Morgan fingerprint density at radius 1 is 1.14 bits per heavy atom. The van der Waals surface area contributed by atoms with Gasteiger partial charge in [0.1, 0.15) is 22.0 Å². The second-order valence-corrected chi connectivity index (χ2v) is 10.3. The van der Waals surface area contributed by atoms with Gasteiger partial charge < -0.3 is 24.1 Å².